The van der Waals surface area contributed by atoms with E-state index in [-0.39, 0.29) is 12.8 Å². The van der Waals surface area contributed by atoms with Crippen molar-refractivity contribution in [1.82, 2.24) is 0 Å². The molecule has 0 aliphatic carbocycles. The van der Waals surface area contributed by atoms with Crippen LogP contribution in [0.3, 0.4) is 0 Å². The van der Waals surface area contributed by atoms with Crippen LogP contribution in [0.2, 0.25) is 10.0 Å². The normalized spacial score (nSPS) is 13.2. The lowest BCUT2D eigenvalue weighted by Crippen LogP contribution is -2.18. The lowest BCUT2D eigenvalue weighted by Gasteiger charge is -2.26. The van der Waals surface area contributed by atoms with Gasteiger partial charge in [0, 0.05) is 21.9 Å². The Bertz CT molecular complexity index is 647. The molecule has 2 aromatic rings. The molecular weight excluding hydrogens is 351 g/mol. The van der Waals surface area contributed by atoms with Gasteiger partial charge in [0.1, 0.15) is 0 Å². The Kier molecular flexibility index (Phi) is 6.23. The number of rotatable bonds is 7. The lowest BCUT2D eigenvalue weighted by molar-refractivity contribution is -0.140. The standard InChI is InChI=1S/C18H16Cl2O4/c19-13-5-1-11(2-6-13)15(9-17(21)22)16(10-18(23)24)12-3-7-14(20)8-4-12/h1-8,15-16H,9-10H2,(H,21,22)(H,23,24)/t15-,16-/m1/s1. The Morgan fingerprint density at radius 2 is 1.00 bits per heavy atom. The number of carbonyl (C=O) groups is 2. The van der Waals surface area contributed by atoms with E-state index in [0.717, 1.165) is 11.1 Å². The Hall–Kier alpha value is -2.04. The highest BCUT2D eigenvalue weighted by molar-refractivity contribution is 6.30. The molecule has 0 unspecified atom stereocenters. The SMILES string of the molecule is O=C(O)C[C@H](c1ccc(Cl)cc1)[C@H](CC(=O)O)c1ccc(Cl)cc1. The monoisotopic (exact) mass is 366 g/mol. The Labute approximate surface area is 149 Å². The predicted octanol–water partition coefficient (Wildman–Crippen LogP) is 4.81. The van der Waals surface area contributed by atoms with Crippen LogP contribution in [0.15, 0.2) is 48.5 Å². The van der Waals surface area contributed by atoms with Crippen LogP contribution in [0.25, 0.3) is 0 Å². The van der Waals surface area contributed by atoms with Gasteiger partial charge in [-0.1, -0.05) is 47.5 Å². The fourth-order valence-electron chi connectivity index (χ4n) is 2.78. The molecule has 0 spiro atoms. The van der Waals surface area contributed by atoms with E-state index in [2.05, 4.69) is 0 Å². The van der Waals surface area contributed by atoms with E-state index in [1.807, 2.05) is 0 Å². The number of hydrogen-bond donors (Lipinski definition) is 2. The average molecular weight is 367 g/mol. The number of benzene rings is 2. The molecule has 0 heterocycles. The van der Waals surface area contributed by atoms with Crippen molar-refractivity contribution in [1.29, 1.82) is 0 Å². The molecule has 126 valence electrons. The van der Waals surface area contributed by atoms with Crippen molar-refractivity contribution in [2.24, 2.45) is 0 Å². The second-order valence-corrected chi connectivity index (χ2v) is 6.38. The summed E-state index contributed by atoms with van der Waals surface area (Å²) in [5, 5.41) is 19.6. The summed E-state index contributed by atoms with van der Waals surface area (Å²) in [6.07, 6.45) is -0.357. The zero-order chi connectivity index (χ0) is 17.7. The molecule has 0 aliphatic rings. The van der Waals surface area contributed by atoms with Gasteiger partial charge < -0.3 is 10.2 Å². The summed E-state index contributed by atoms with van der Waals surface area (Å²) < 4.78 is 0. The van der Waals surface area contributed by atoms with Gasteiger partial charge in [0.2, 0.25) is 0 Å². The van der Waals surface area contributed by atoms with Crippen LogP contribution in [0.1, 0.15) is 35.8 Å². The van der Waals surface area contributed by atoms with Gasteiger partial charge in [0.15, 0.2) is 0 Å². The van der Waals surface area contributed by atoms with Gasteiger partial charge in [0.25, 0.3) is 0 Å². The van der Waals surface area contributed by atoms with E-state index in [4.69, 9.17) is 23.2 Å². The van der Waals surface area contributed by atoms with Crippen molar-refractivity contribution in [2.75, 3.05) is 0 Å². The van der Waals surface area contributed by atoms with E-state index in [9.17, 15) is 19.8 Å². The van der Waals surface area contributed by atoms with Crippen molar-refractivity contribution in [3.63, 3.8) is 0 Å². The fourth-order valence-corrected chi connectivity index (χ4v) is 3.03. The first-order valence-corrected chi connectivity index (χ1v) is 8.07. The Balaban J connectivity index is 2.46. The van der Waals surface area contributed by atoms with E-state index < -0.39 is 23.8 Å². The topological polar surface area (TPSA) is 74.6 Å². The van der Waals surface area contributed by atoms with Crippen LogP contribution in [0, 0.1) is 0 Å². The van der Waals surface area contributed by atoms with Crippen molar-refractivity contribution in [3.05, 3.63) is 69.7 Å². The van der Waals surface area contributed by atoms with E-state index in [1.165, 1.54) is 0 Å². The summed E-state index contributed by atoms with van der Waals surface area (Å²) in [5.74, 6) is -2.95. The van der Waals surface area contributed by atoms with Gasteiger partial charge in [-0.3, -0.25) is 9.59 Å². The third kappa shape index (κ3) is 4.98. The van der Waals surface area contributed by atoms with Gasteiger partial charge in [-0.2, -0.15) is 0 Å². The van der Waals surface area contributed by atoms with Gasteiger partial charge in [-0.15, -0.1) is 0 Å². The van der Waals surface area contributed by atoms with Crippen LogP contribution in [0.4, 0.5) is 0 Å². The van der Waals surface area contributed by atoms with E-state index in [1.54, 1.807) is 48.5 Å². The maximum absolute atomic E-state index is 11.3. The van der Waals surface area contributed by atoms with Gasteiger partial charge in [-0.25, -0.2) is 0 Å². The molecule has 0 amide bonds. The quantitative estimate of drug-likeness (QED) is 0.737. The number of carboxylic acids is 2. The van der Waals surface area contributed by atoms with Crippen molar-refractivity contribution >= 4 is 35.1 Å². The van der Waals surface area contributed by atoms with Crippen molar-refractivity contribution < 1.29 is 19.8 Å². The average Bonchev–Trinajstić information content (AvgIpc) is 2.52. The minimum atomic E-state index is -0.987. The molecule has 2 N–H and O–H groups in total. The summed E-state index contributed by atoms with van der Waals surface area (Å²) in [6, 6.07) is 13.6. The maximum atomic E-state index is 11.3. The summed E-state index contributed by atoms with van der Waals surface area (Å²) >= 11 is 11.8. The molecule has 0 aromatic heterocycles. The molecule has 24 heavy (non-hydrogen) atoms. The fraction of sp³-hybridized carbons (Fsp3) is 0.222. The van der Waals surface area contributed by atoms with Crippen LogP contribution in [0.5, 0.6) is 0 Å². The number of aliphatic carboxylic acids is 2. The maximum Gasteiger partial charge on any atom is 0.303 e. The molecule has 0 fully saturated rings. The molecule has 6 heteroatoms. The number of halogens is 2. The lowest BCUT2D eigenvalue weighted by atomic mass is 9.77. The zero-order valence-electron chi connectivity index (χ0n) is 12.7. The van der Waals surface area contributed by atoms with Crippen LogP contribution in [-0.4, -0.2) is 22.2 Å². The Morgan fingerprint density at radius 3 is 1.25 bits per heavy atom. The largest absolute Gasteiger partial charge is 0.481 e. The van der Waals surface area contributed by atoms with Crippen molar-refractivity contribution in [2.45, 2.75) is 24.7 Å². The highest BCUT2D eigenvalue weighted by Crippen LogP contribution is 2.39. The first kappa shape index (κ1) is 18.3. The summed E-state index contributed by atoms with van der Waals surface area (Å²) in [7, 11) is 0. The van der Waals surface area contributed by atoms with Crippen LogP contribution in [-0.2, 0) is 9.59 Å². The summed E-state index contributed by atoms with van der Waals surface area (Å²) in [6.45, 7) is 0. The summed E-state index contributed by atoms with van der Waals surface area (Å²) in [5.41, 5.74) is 1.48. The van der Waals surface area contributed by atoms with Crippen LogP contribution < -0.4 is 0 Å². The highest BCUT2D eigenvalue weighted by Gasteiger charge is 2.29. The number of hydrogen-bond acceptors (Lipinski definition) is 2. The van der Waals surface area contributed by atoms with Gasteiger partial charge >= 0.3 is 11.9 Å². The first-order valence-electron chi connectivity index (χ1n) is 7.31. The minimum absolute atomic E-state index is 0.178. The molecule has 4 nitrogen and oxygen atoms in total. The second-order valence-electron chi connectivity index (χ2n) is 5.51. The van der Waals surface area contributed by atoms with Gasteiger partial charge in [-0.05, 0) is 35.4 Å². The van der Waals surface area contributed by atoms with Crippen molar-refractivity contribution in [3.8, 4) is 0 Å². The van der Waals surface area contributed by atoms with E-state index >= 15 is 0 Å². The molecule has 2 aromatic carbocycles. The molecule has 0 saturated heterocycles. The predicted molar refractivity (Wildman–Crippen MR) is 92.9 cm³/mol. The highest BCUT2D eigenvalue weighted by atomic mass is 35.5. The molecule has 0 saturated carbocycles. The van der Waals surface area contributed by atoms with Gasteiger partial charge in [0.05, 0.1) is 12.8 Å². The third-order valence-electron chi connectivity index (χ3n) is 3.87. The smallest absolute Gasteiger partial charge is 0.303 e. The second kappa shape index (κ2) is 8.18. The molecule has 0 aliphatic heterocycles. The minimum Gasteiger partial charge on any atom is -0.481 e. The van der Waals surface area contributed by atoms with Crippen LogP contribution >= 0.6 is 23.2 Å². The molecule has 2 rings (SSSR count). The Morgan fingerprint density at radius 1 is 0.708 bits per heavy atom. The first-order chi connectivity index (χ1) is 11.4. The molecular formula is C18H16Cl2O4. The third-order valence-corrected chi connectivity index (χ3v) is 4.38. The molecule has 0 radical (unpaired) electrons. The van der Waals surface area contributed by atoms with E-state index in [0.29, 0.717) is 10.0 Å². The summed E-state index contributed by atoms with van der Waals surface area (Å²) in [4.78, 5) is 22.7. The number of carboxylic acid groups (broad SMARTS) is 2. The molecule has 2 atom stereocenters. The molecule has 0 bridgehead atoms. The zero-order valence-corrected chi connectivity index (χ0v) is 14.2.